The molecular formula is C16H30N2. The molecule has 2 aliphatic rings. The first-order valence-corrected chi connectivity index (χ1v) is 8.00. The molecule has 2 heteroatoms. The summed E-state index contributed by atoms with van der Waals surface area (Å²) in [5.74, 6) is 7.62. The topological polar surface area (TPSA) is 38.0 Å². The summed E-state index contributed by atoms with van der Waals surface area (Å²) in [6, 6.07) is 0.459. The molecule has 3 N–H and O–H groups in total. The third-order valence-corrected chi connectivity index (χ3v) is 5.10. The third kappa shape index (κ3) is 3.58. The van der Waals surface area contributed by atoms with Crippen LogP contribution in [0, 0.1) is 11.8 Å². The molecule has 0 amide bonds. The van der Waals surface area contributed by atoms with Gasteiger partial charge < -0.3 is 0 Å². The Morgan fingerprint density at radius 2 is 2.00 bits per heavy atom. The second-order valence-corrected chi connectivity index (χ2v) is 6.21. The van der Waals surface area contributed by atoms with Crippen molar-refractivity contribution in [3.05, 3.63) is 11.6 Å². The lowest BCUT2D eigenvalue weighted by atomic mass is 9.75. The van der Waals surface area contributed by atoms with Crippen molar-refractivity contribution in [2.24, 2.45) is 17.7 Å². The quantitative estimate of drug-likeness (QED) is 0.451. The molecule has 0 radical (unpaired) electrons. The van der Waals surface area contributed by atoms with E-state index in [2.05, 4.69) is 18.4 Å². The van der Waals surface area contributed by atoms with Gasteiger partial charge >= 0.3 is 0 Å². The minimum absolute atomic E-state index is 0.459. The van der Waals surface area contributed by atoms with Crippen molar-refractivity contribution in [3.8, 4) is 0 Å². The average molecular weight is 250 g/mol. The van der Waals surface area contributed by atoms with Crippen LogP contribution in [0.25, 0.3) is 0 Å². The van der Waals surface area contributed by atoms with Crippen LogP contribution in [0.4, 0.5) is 0 Å². The molecule has 0 aromatic heterocycles. The summed E-state index contributed by atoms with van der Waals surface area (Å²) >= 11 is 0. The third-order valence-electron chi connectivity index (χ3n) is 5.10. The molecule has 1 atom stereocenters. The van der Waals surface area contributed by atoms with Crippen molar-refractivity contribution in [2.75, 3.05) is 0 Å². The van der Waals surface area contributed by atoms with E-state index < -0.39 is 0 Å². The molecule has 0 saturated heterocycles. The maximum Gasteiger partial charge on any atom is 0.0447 e. The Morgan fingerprint density at radius 1 is 1.22 bits per heavy atom. The van der Waals surface area contributed by atoms with Crippen LogP contribution in [0.15, 0.2) is 11.6 Å². The molecule has 1 fully saturated rings. The predicted molar refractivity (Wildman–Crippen MR) is 78.0 cm³/mol. The Kier molecular flexibility index (Phi) is 5.71. The summed E-state index contributed by atoms with van der Waals surface area (Å²) in [4.78, 5) is 0. The summed E-state index contributed by atoms with van der Waals surface area (Å²) in [5, 5.41) is 0. The van der Waals surface area contributed by atoms with E-state index in [-0.39, 0.29) is 0 Å². The van der Waals surface area contributed by atoms with Crippen LogP contribution < -0.4 is 11.3 Å². The fraction of sp³-hybridized carbons (Fsp3) is 0.875. The first-order chi connectivity index (χ1) is 8.85. The van der Waals surface area contributed by atoms with Gasteiger partial charge in [-0.2, -0.15) is 0 Å². The standard InChI is InChI=1S/C16H30N2/c1-2-13-9-11-15(12-10-13)16(18-17)14-7-5-3-4-6-8-14/h7,13,15-16,18H,2-6,8-12,17H2,1H3. The van der Waals surface area contributed by atoms with Gasteiger partial charge in [0.15, 0.2) is 0 Å². The van der Waals surface area contributed by atoms with Gasteiger partial charge in [0.2, 0.25) is 0 Å². The van der Waals surface area contributed by atoms with E-state index in [0.717, 1.165) is 11.8 Å². The number of hydrogen-bond donors (Lipinski definition) is 2. The van der Waals surface area contributed by atoms with E-state index in [1.165, 1.54) is 64.2 Å². The van der Waals surface area contributed by atoms with Gasteiger partial charge in [0.25, 0.3) is 0 Å². The highest BCUT2D eigenvalue weighted by Gasteiger charge is 2.28. The molecule has 18 heavy (non-hydrogen) atoms. The number of nitrogens with one attached hydrogen (secondary N) is 1. The van der Waals surface area contributed by atoms with E-state index in [1.807, 2.05) is 0 Å². The molecular weight excluding hydrogens is 220 g/mol. The lowest BCUT2D eigenvalue weighted by Crippen LogP contribution is -2.43. The molecule has 2 nitrogen and oxygen atoms in total. The van der Waals surface area contributed by atoms with Crippen LogP contribution in [0.1, 0.15) is 71.1 Å². The normalized spacial score (nSPS) is 31.6. The molecule has 0 aliphatic heterocycles. The molecule has 0 bridgehead atoms. The van der Waals surface area contributed by atoms with Crippen molar-refractivity contribution < 1.29 is 0 Å². The molecule has 0 heterocycles. The number of hydrazine groups is 1. The summed E-state index contributed by atoms with van der Waals surface area (Å²) < 4.78 is 0. The summed E-state index contributed by atoms with van der Waals surface area (Å²) in [7, 11) is 0. The van der Waals surface area contributed by atoms with Crippen LogP contribution >= 0.6 is 0 Å². The highest BCUT2D eigenvalue weighted by molar-refractivity contribution is 5.14. The van der Waals surface area contributed by atoms with Crippen LogP contribution in [-0.2, 0) is 0 Å². The largest absolute Gasteiger partial charge is 0.271 e. The number of nitrogens with two attached hydrogens (primary N) is 1. The van der Waals surface area contributed by atoms with Gasteiger partial charge in [-0.15, -0.1) is 0 Å². The lowest BCUT2D eigenvalue weighted by Gasteiger charge is -2.34. The SMILES string of the molecule is CCC1CCC(C(NN)C2=CCCCCC2)CC1. The molecule has 0 spiro atoms. The minimum atomic E-state index is 0.459. The van der Waals surface area contributed by atoms with Crippen molar-refractivity contribution in [3.63, 3.8) is 0 Å². The van der Waals surface area contributed by atoms with Crippen LogP contribution in [0.5, 0.6) is 0 Å². The van der Waals surface area contributed by atoms with Gasteiger partial charge in [-0.3, -0.25) is 11.3 Å². The van der Waals surface area contributed by atoms with Gasteiger partial charge in [0.05, 0.1) is 0 Å². The first-order valence-electron chi connectivity index (χ1n) is 8.00. The Labute approximate surface area is 112 Å². The zero-order valence-electron chi connectivity index (χ0n) is 12.0. The summed E-state index contributed by atoms with van der Waals surface area (Å²) in [5.41, 5.74) is 4.74. The number of hydrogen-bond acceptors (Lipinski definition) is 2. The molecule has 1 unspecified atom stereocenters. The molecule has 1 saturated carbocycles. The second kappa shape index (κ2) is 7.30. The maximum absolute atomic E-state index is 5.86. The van der Waals surface area contributed by atoms with Gasteiger partial charge in [-0.05, 0) is 50.4 Å². The predicted octanol–water partition coefficient (Wildman–Crippen LogP) is 3.93. The fourth-order valence-corrected chi connectivity index (χ4v) is 3.80. The van der Waals surface area contributed by atoms with Gasteiger partial charge in [-0.25, -0.2) is 0 Å². The Bertz CT molecular complexity index is 264. The zero-order valence-corrected chi connectivity index (χ0v) is 12.0. The second-order valence-electron chi connectivity index (χ2n) is 6.21. The molecule has 104 valence electrons. The highest BCUT2D eigenvalue weighted by atomic mass is 15.2. The number of rotatable bonds is 4. The summed E-state index contributed by atoms with van der Waals surface area (Å²) in [6.45, 7) is 2.33. The molecule has 0 aromatic rings. The van der Waals surface area contributed by atoms with E-state index in [1.54, 1.807) is 5.57 Å². The fourth-order valence-electron chi connectivity index (χ4n) is 3.80. The van der Waals surface area contributed by atoms with Crippen LogP contribution in [0.2, 0.25) is 0 Å². The van der Waals surface area contributed by atoms with Gasteiger partial charge in [0, 0.05) is 6.04 Å². The Hall–Kier alpha value is -0.340. The smallest absolute Gasteiger partial charge is 0.0447 e. The van der Waals surface area contributed by atoms with Crippen molar-refractivity contribution in [1.82, 2.24) is 5.43 Å². The Morgan fingerprint density at radius 3 is 2.67 bits per heavy atom. The van der Waals surface area contributed by atoms with Crippen LogP contribution in [-0.4, -0.2) is 6.04 Å². The highest BCUT2D eigenvalue weighted by Crippen LogP contribution is 2.35. The average Bonchev–Trinajstić information content (AvgIpc) is 2.70. The van der Waals surface area contributed by atoms with E-state index in [0.29, 0.717) is 6.04 Å². The lowest BCUT2D eigenvalue weighted by molar-refractivity contribution is 0.231. The summed E-state index contributed by atoms with van der Waals surface area (Å²) in [6.07, 6.45) is 16.0. The van der Waals surface area contributed by atoms with E-state index in [9.17, 15) is 0 Å². The first kappa shape index (κ1) is 14.1. The van der Waals surface area contributed by atoms with E-state index in [4.69, 9.17) is 5.84 Å². The number of allylic oxidation sites excluding steroid dienone is 1. The van der Waals surface area contributed by atoms with Crippen molar-refractivity contribution >= 4 is 0 Å². The zero-order chi connectivity index (χ0) is 12.8. The maximum atomic E-state index is 5.86. The monoisotopic (exact) mass is 250 g/mol. The van der Waals surface area contributed by atoms with Crippen molar-refractivity contribution in [1.29, 1.82) is 0 Å². The van der Waals surface area contributed by atoms with Crippen LogP contribution in [0.3, 0.4) is 0 Å². The van der Waals surface area contributed by atoms with Gasteiger partial charge in [-0.1, -0.05) is 44.3 Å². The van der Waals surface area contributed by atoms with Gasteiger partial charge in [0.1, 0.15) is 0 Å². The van der Waals surface area contributed by atoms with E-state index >= 15 is 0 Å². The Balaban J connectivity index is 1.93. The minimum Gasteiger partial charge on any atom is -0.271 e. The van der Waals surface area contributed by atoms with Crippen molar-refractivity contribution in [2.45, 2.75) is 77.2 Å². The molecule has 2 rings (SSSR count). The molecule has 2 aliphatic carbocycles. The molecule has 0 aromatic carbocycles.